The van der Waals surface area contributed by atoms with Crippen LogP contribution in [0.25, 0.3) is 0 Å². The second kappa shape index (κ2) is 4.72. The number of carbonyl (C=O) groups is 1. The number of nitrogens with one attached hydrogen (secondary N) is 2. The molecule has 2 aromatic heterocycles. The van der Waals surface area contributed by atoms with E-state index in [0.717, 1.165) is 0 Å². The maximum Gasteiger partial charge on any atom is 0.328 e. The lowest BCUT2D eigenvalue weighted by molar-refractivity contribution is 0.0993. The largest absolute Gasteiger partial charge is 0.493 e. The maximum absolute atomic E-state index is 11.6. The Kier molecular flexibility index (Phi) is 3.10. The molecule has 0 radical (unpaired) electrons. The van der Waals surface area contributed by atoms with Crippen LogP contribution in [0.15, 0.2) is 36.6 Å². The molecule has 0 bridgehead atoms. The molecule has 0 aromatic carbocycles. The first kappa shape index (κ1) is 12.5. The van der Waals surface area contributed by atoms with E-state index in [1.54, 1.807) is 6.92 Å². The smallest absolute Gasteiger partial charge is 0.328 e. The van der Waals surface area contributed by atoms with Gasteiger partial charge in [0.05, 0.1) is 11.8 Å². The number of hydrogen-bond donors (Lipinski definition) is 3. The zero-order chi connectivity index (χ0) is 14.0. The van der Waals surface area contributed by atoms with E-state index < -0.39 is 28.7 Å². The Morgan fingerprint density at radius 3 is 2.68 bits per heavy atom. The Labute approximate surface area is 104 Å². The first-order chi connectivity index (χ1) is 8.99. The van der Waals surface area contributed by atoms with Crippen molar-refractivity contribution in [2.24, 2.45) is 10.2 Å². The van der Waals surface area contributed by atoms with Crippen LogP contribution < -0.4 is 11.2 Å². The highest BCUT2D eigenvalue weighted by molar-refractivity contribution is 5.95. The molecule has 0 atom stereocenters. The van der Waals surface area contributed by atoms with Crippen molar-refractivity contribution in [3.05, 3.63) is 44.5 Å². The lowest BCUT2D eigenvalue weighted by atomic mass is 10.2. The molecule has 2 aromatic rings. The number of amides is 1. The Bertz CT molecular complexity index is 767. The number of azo groups is 1. The third kappa shape index (κ3) is 2.49. The molecule has 0 aliphatic rings. The first-order valence-corrected chi connectivity index (χ1v) is 5.05. The van der Waals surface area contributed by atoms with Gasteiger partial charge in [-0.1, -0.05) is 0 Å². The topological polar surface area (TPSA) is 141 Å². The van der Waals surface area contributed by atoms with Gasteiger partial charge in [-0.2, -0.15) is 0 Å². The minimum Gasteiger partial charge on any atom is -0.493 e. The average Bonchev–Trinajstić information content (AvgIpc) is 2.73. The fourth-order valence-corrected chi connectivity index (χ4v) is 1.32. The number of aryl methyl sites for hydroxylation is 1. The fourth-order valence-electron chi connectivity index (χ4n) is 1.32. The van der Waals surface area contributed by atoms with Crippen LogP contribution in [0.5, 0.6) is 5.88 Å². The summed E-state index contributed by atoms with van der Waals surface area (Å²) in [6, 6.07) is 1.40. The van der Waals surface area contributed by atoms with Crippen LogP contribution >= 0.6 is 0 Å². The van der Waals surface area contributed by atoms with Crippen LogP contribution in [-0.4, -0.2) is 21.0 Å². The molecule has 1 amide bonds. The second-order valence-corrected chi connectivity index (χ2v) is 3.50. The van der Waals surface area contributed by atoms with Gasteiger partial charge in [-0.05, 0) is 13.0 Å². The average molecular weight is 264 g/mol. The minimum atomic E-state index is -0.957. The number of aromatic hydroxyl groups is 1. The molecule has 9 heteroatoms. The van der Waals surface area contributed by atoms with Gasteiger partial charge in [0.2, 0.25) is 11.6 Å². The quantitative estimate of drug-likeness (QED) is 0.681. The highest BCUT2D eigenvalue weighted by Crippen LogP contribution is 2.17. The molecule has 9 nitrogen and oxygen atoms in total. The van der Waals surface area contributed by atoms with Crippen LogP contribution in [-0.2, 0) is 0 Å². The molecular formula is C10H8N4O5. The molecule has 0 unspecified atom stereocenters. The van der Waals surface area contributed by atoms with Crippen LogP contribution in [0.1, 0.15) is 16.1 Å². The third-order valence-corrected chi connectivity index (χ3v) is 2.23. The third-order valence-electron chi connectivity index (χ3n) is 2.23. The van der Waals surface area contributed by atoms with Crippen molar-refractivity contribution in [2.75, 3.05) is 0 Å². The Morgan fingerprint density at radius 1 is 1.37 bits per heavy atom. The van der Waals surface area contributed by atoms with Crippen LogP contribution in [0.3, 0.4) is 0 Å². The Morgan fingerprint density at radius 2 is 2.11 bits per heavy atom. The number of nitrogens with zero attached hydrogens (tertiary/aromatic N) is 2. The van der Waals surface area contributed by atoms with Crippen molar-refractivity contribution in [2.45, 2.75) is 6.92 Å². The maximum atomic E-state index is 11.6. The summed E-state index contributed by atoms with van der Waals surface area (Å²) in [5.41, 5.74) is -2.22. The summed E-state index contributed by atoms with van der Waals surface area (Å²) in [5, 5.41) is 15.9. The highest BCUT2D eigenvalue weighted by atomic mass is 16.3. The van der Waals surface area contributed by atoms with Crippen molar-refractivity contribution < 1.29 is 14.3 Å². The fraction of sp³-hybridized carbons (Fsp3) is 0.100. The van der Waals surface area contributed by atoms with Gasteiger partial charge in [0.1, 0.15) is 5.76 Å². The monoisotopic (exact) mass is 264 g/mol. The summed E-state index contributed by atoms with van der Waals surface area (Å²) >= 11 is 0. The van der Waals surface area contributed by atoms with Crippen molar-refractivity contribution in [1.29, 1.82) is 0 Å². The normalized spacial score (nSPS) is 11.0. The first-order valence-electron chi connectivity index (χ1n) is 5.05. The summed E-state index contributed by atoms with van der Waals surface area (Å²) in [4.78, 5) is 37.5. The molecule has 3 N–H and O–H groups in total. The summed E-state index contributed by atoms with van der Waals surface area (Å²) in [5.74, 6) is -1.16. The van der Waals surface area contributed by atoms with Gasteiger partial charge in [-0.3, -0.25) is 19.6 Å². The molecule has 0 fully saturated rings. The number of rotatable bonds is 2. The number of aromatic nitrogens is 2. The van der Waals surface area contributed by atoms with Gasteiger partial charge in [-0.25, -0.2) is 4.79 Å². The van der Waals surface area contributed by atoms with Gasteiger partial charge < -0.3 is 9.52 Å². The molecule has 98 valence electrons. The molecule has 0 spiro atoms. The SMILES string of the molecule is Cc1occc1C(=O)N=Nc1c(O)[nH]c(=O)[nH]c1=O. The molecule has 0 saturated carbocycles. The van der Waals surface area contributed by atoms with Crippen LogP contribution in [0, 0.1) is 6.92 Å². The van der Waals surface area contributed by atoms with Gasteiger partial charge in [0.15, 0.2) is 0 Å². The van der Waals surface area contributed by atoms with Gasteiger partial charge in [0, 0.05) is 0 Å². The molecule has 0 aliphatic carbocycles. The van der Waals surface area contributed by atoms with E-state index in [0.29, 0.717) is 5.76 Å². The van der Waals surface area contributed by atoms with E-state index in [2.05, 4.69) is 10.2 Å². The van der Waals surface area contributed by atoms with E-state index in [-0.39, 0.29) is 5.56 Å². The molecule has 0 aliphatic heterocycles. The minimum absolute atomic E-state index is 0.184. The zero-order valence-corrected chi connectivity index (χ0v) is 9.63. The van der Waals surface area contributed by atoms with Gasteiger partial charge in [-0.15, -0.1) is 10.2 Å². The standard InChI is InChI=1S/C10H8N4O5/c1-4-5(2-3-19-4)7(15)14-13-6-8(16)11-10(18)12-9(6)17/h2-3H,1H3,(H3,11,12,16,17,18). The molecule has 19 heavy (non-hydrogen) atoms. The van der Waals surface area contributed by atoms with Crippen LogP contribution in [0.4, 0.5) is 5.69 Å². The van der Waals surface area contributed by atoms with Gasteiger partial charge in [0.25, 0.3) is 11.5 Å². The lowest BCUT2D eigenvalue weighted by Crippen LogP contribution is -2.21. The lowest BCUT2D eigenvalue weighted by Gasteiger charge is -1.94. The number of furan rings is 1. The van der Waals surface area contributed by atoms with E-state index >= 15 is 0 Å². The van der Waals surface area contributed by atoms with Gasteiger partial charge >= 0.3 is 5.69 Å². The summed E-state index contributed by atoms with van der Waals surface area (Å²) in [6.07, 6.45) is 1.31. The predicted molar refractivity (Wildman–Crippen MR) is 61.6 cm³/mol. The zero-order valence-electron chi connectivity index (χ0n) is 9.63. The Balaban J connectivity index is 2.35. The van der Waals surface area contributed by atoms with Crippen molar-refractivity contribution in [3.63, 3.8) is 0 Å². The molecule has 2 heterocycles. The van der Waals surface area contributed by atoms with E-state index in [1.165, 1.54) is 12.3 Å². The van der Waals surface area contributed by atoms with E-state index in [9.17, 15) is 19.5 Å². The Hall–Kier alpha value is -2.97. The summed E-state index contributed by atoms with van der Waals surface area (Å²) < 4.78 is 4.91. The van der Waals surface area contributed by atoms with E-state index in [4.69, 9.17) is 4.42 Å². The van der Waals surface area contributed by atoms with E-state index in [1.807, 2.05) is 9.97 Å². The summed E-state index contributed by atoms with van der Waals surface area (Å²) in [7, 11) is 0. The second-order valence-electron chi connectivity index (χ2n) is 3.50. The summed E-state index contributed by atoms with van der Waals surface area (Å²) in [6.45, 7) is 1.56. The molecular weight excluding hydrogens is 256 g/mol. The van der Waals surface area contributed by atoms with Crippen molar-refractivity contribution in [1.82, 2.24) is 9.97 Å². The number of H-pyrrole nitrogens is 2. The molecule has 0 saturated heterocycles. The highest BCUT2D eigenvalue weighted by Gasteiger charge is 2.12. The van der Waals surface area contributed by atoms with Crippen molar-refractivity contribution >= 4 is 11.6 Å². The number of carbonyl (C=O) groups excluding carboxylic acids is 1. The number of hydrogen-bond acceptors (Lipinski definition) is 6. The van der Waals surface area contributed by atoms with Crippen LogP contribution in [0.2, 0.25) is 0 Å². The predicted octanol–water partition coefficient (Wildman–Crippen LogP) is 0.594. The molecule has 2 rings (SSSR count). The number of aromatic amines is 2. The van der Waals surface area contributed by atoms with Crippen molar-refractivity contribution in [3.8, 4) is 5.88 Å².